The number of benzene rings is 2. The number of hydrogen-bond donors (Lipinski definition) is 2. The molecule has 0 saturated carbocycles. The van der Waals surface area contributed by atoms with Crippen LogP contribution in [0.2, 0.25) is 0 Å². The molecule has 2 aromatic carbocycles. The van der Waals surface area contributed by atoms with Gasteiger partial charge in [0.15, 0.2) is 0 Å². The quantitative estimate of drug-likeness (QED) is 0.878. The smallest absolute Gasteiger partial charge is 0.262 e. The van der Waals surface area contributed by atoms with Gasteiger partial charge in [0, 0.05) is 5.56 Å². The minimum atomic E-state index is -3.92. The first-order chi connectivity index (χ1) is 10.8. The van der Waals surface area contributed by atoms with Crippen molar-refractivity contribution in [3.8, 4) is 5.75 Å². The van der Waals surface area contributed by atoms with Crippen molar-refractivity contribution in [2.45, 2.75) is 25.3 Å². The molecular weight excluding hydrogens is 321 g/mol. The summed E-state index contributed by atoms with van der Waals surface area (Å²) in [5.41, 5.74) is 1.47. The molecule has 0 aliphatic heterocycles. The first-order valence-electron chi connectivity index (χ1n) is 6.86. The number of sulfonamides is 1. The normalized spacial score (nSPS) is 11.3. The number of rotatable bonds is 5. The highest BCUT2D eigenvalue weighted by Crippen LogP contribution is 2.28. The molecule has 0 amide bonds. The average molecular weight is 339 g/mol. The summed E-state index contributed by atoms with van der Waals surface area (Å²) in [4.78, 5) is 0.0731. The van der Waals surface area contributed by atoms with Gasteiger partial charge < -0.3 is 9.84 Å². The Bertz CT molecular complexity index is 834. The number of hydrogen-bond acceptors (Lipinski definition) is 4. The lowest BCUT2D eigenvalue weighted by Gasteiger charge is -2.15. The molecule has 5 nitrogen and oxygen atoms in total. The first kappa shape index (κ1) is 17.2. The molecular formula is C16H18FNO4S. The molecule has 2 rings (SSSR count). The maximum absolute atomic E-state index is 13.4. The maximum Gasteiger partial charge on any atom is 0.262 e. The second-order valence-corrected chi connectivity index (χ2v) is 6.80. The molecule has 0 spiro atoms. The van der Waals surface area contributed by atoms with Gasteiger partial charge >= 0.3 is 0 Å². The van der Waals surface area contributed by atoms with Crippen LogP contribution in [0.5, 0.6) is 5.75 Å². The molecule has 0 bridgehead atoms. The summed E-state index contributed by atoms with van der Waals surface area (Å²) in [6.45, 7) is 2.98. The van der Waals surface area contributed by atoms with E-state index in [1.807, 2.05) is 0 Å². The average Bonchev–Trinajstić information content (AvgIpc) is 2.48. The van der Waals surface area contributed by atoms with Crippen LogP contribution in [0.1, 0.15) is 16.7 Å². The van der Waals surface area contributed by atoms with Crippen molar-refractivity contribution >= 4 is 15.7 Å². The Morgan fingerprint density at radius 3 is 2.48 bits per heavy atom. The van der Waals surface area contributed by atoms with Crippen molar-refractivity contribution in [3.05, 3.63) is 52.8 Å². The predicted octanol–water partition coefficient (Wildman–Crippen LogP) is 2.74. The van der Waals surface area contributed by atoms with Crippen LogP contribution in [0.25, 0.3) is 0 Å². The lowest BCUT2D eigenvalue weighted by atomic mass is 10.1. The van der Waals surface area contributed by atoms with Crippen LogP contribution < -0.4 is 9.46 Å². The van der Waals surface area contributed by atoms with Crippen molar-refractivity contribution < 1.29 is 22.7 Å². The van der Waals surface area contributed by atoms with Gasteiger partial charge in [0.1, 0.15) is 11.6 Å². The number of aliphatic hydroxyl groups excluding tert-OH is 1. The van der Waals surface area contributed by atoms with E-state index in [1.165, 1.54) is 19.2 Å². The molecule has 0 saturated heterocycles. The van der Waals surface area contributed by atoms with Crippen LogP contribution in [0.4, 0.5) is 10.1 Å². The molecule has 0 unspecified atom stereocenters. The van der Waals surface area contributed by atoms with Crippen molar-refractivity contribution in [1.29, 1.82) is 0 Å². The maximum atomic E-state index is 13.4. The molecule has 124 valence electrons. The highest BCUT2D eigenvalue weighted by Gasteiger charge is 2.20. The highest BCUT2D eigenvalue weighted by atomic mass is 32.2. The molecule has 0 fully saturated rings. The van der Waals surface area contributed by atoms with Gasteiger partial charge in [0.25, 0.3) is 10.0 Å². The van der Waals surface area contributed by atoms with E-state index >= 15 is 0 Å². The van der Waals surface area contributed by atoms with E-state index in [-0.39, 0.29) is 16.1 Å². The summed E-state index contributed by atoms with van der Waals surface area (Å²) in [6, 6.07) is 6.65. The van der Waals surface area contributed by atoms with E-state index in [2.05, 4.69) is 4.72 Å². The van der Waals surface area contributed by atoms with Gasteiger partial charge in [0.05, 0.1) is 24.3 Å². The van der Waals surface area contributed by atoms with E-state index in [9.17, 15) is 17.9 Å². The van der Waals surface area contributed by atoms with Crippen LogP contribution in [-0.4, -0.2) is 20.6 Å². The summed E-state index contributed by atoms with van der Waals surface area (Å²) < 4.78 is 46.1. The molecule has 0 heterocycles. The van der Waals surface area contributed by atoms with Crippen molar-refractivity contribution in [3.63, 3.8) is 0 Å². The van der Waals surface area contributed by atoms with Gasteiger partial charge in [-0.05, 0) is 49.2 Å². The Morgan fingerprint density at radius 1 is 1.17 bits per heavy atom. The summed E-state index contributed by atoms with van der Waals surface area (Å²) >= 11 is 0. The zero-order chi connectivity index (χ0) is 17.2. The van der Waals surface area contributed by atoms with E-state index in [0.717, 1.165) is 12.1 Å². The largest absolute Gasteiger partial charge is 0.496 e. The zero-order valence-electron chi connectivity index (χ0n) is 13.1. The van der Waals surface area contributed by atoms with Crippen LogP contribution in [0, 0.1) is 19.7 Å². The molecule has 0 radical (unpaired) electrons. The lowest BCUT2D eigenvalue weighted by Crippen LogP contribution is -2.16. The number of halogens is 1. The van der Waals surface area contributed by atoms with Gasteiger partial charge in [0.2, 0.25) is 0 Å². The second kappa shape index (κ2) is 6.55. The Balaban J connectivity index is 2.48. The fourth-order valence-electron chi connectivity index (χ4n) is 2.25. The number of aryl methyl sites for hydroxylation is 2. The van der Waals surface area contributed by atoms with E-state index in [0.29, 0.717) is 16.9 Å². The predicted molar refractivity (Wildman–Crippen MR) is 85.6 cm³/mol. The number of nitrogens with one attached hydrogen (secondary N) is 1. The fraction of sp³-hybridized carbons (Fsp3) is 0.250. The zero-order valence-corrected chi connectivity index (χ0v) is 13.9. The van der Waals surface area contributed by atoms with Gasteiger partial charge in [-0.15, -0.1) is 0 Å². The van der Waals surface area contributed by atoms with Crippen LogP contribution >= 0.6 is 0 Å². The topological polar surface area (TPSA) is 75.6 Å². The van der Waals surface area contributed by atoms with Crippen molar-refractivity contribution in [1.82, 2.24) is 0 Å². The third-order valence-electron chi connectivity index (χ3n) is 3.47. The fourth-order valence-corrected chi connectivity index (χ4v) is 3.66. The van der Waals surface area contributed by atoms with E-state index in [1.54, 1.807) is 19.9 Å². The van der Waals surface area contributed by atoms with Gasteiger partial charge in [-0.3, -0.25) is 4.72 Å². The minimum absolute atomic E-state index is 0.0142. The third-order valence-corrected chi connectivity index (χ3v) is 4.98. The molecule has 23 heavy (non-hydrogen) atoms. The van der Waals surface area contributed by atoms with Crippen molar-refractivity contribution in [2.24, 2.45) is 0 Å². The summed E-state index contributed by atoms with van der Waals surface area (Å²) in [5.74, 6) is -0.00853. The number of ether oxygens (including phenoxy) is 1. The molecule has 0 aliphatic carbocycles. The highest BCUT2D eigenvalue weighted by molar-refractivity contribution is 7.92. The van der Waals surface area contributed by atoms with E-state index < -0.39 is 22.4 Å². The van der Waals surface area contributed by atoms with Crippen LogP contribution in [0.3, 0.4) is 0 Å². The number of methoxy groups -OCH3 is 1. The Morgan fingerprint density at radius 2 is 1.87 bits per heavy atom. The number of anilines is 1. The van der Waals surface area contributed by atoms with Gasteiger partial charge in [-0.25, -0.2) is 12.8 Å². The molecule has 2 aromatic rings. The molecule has 7 heteroatoms. The standard InChI is InChI=1S/C16H18FNO4S/c1-10-7-16(11(2)6-15(10)22-3)23(20,21)18-14-8-13(17)5-4-12(14)9-19/h4-8,18-19H,9H2,1-3H3. The Hall–Kier alpha value is -2.12. The Labute approximate surface area is 134 Å². The van der Waals surface area contributed by atoms with Crippen molar-refractivity contribution in [2.75, 3.05) is 11.8 Å². The van der Waals surface area contributed by atoms with Gasteiger partial charge in [-0.2, -0.15) is 0 Å². The summed E-state index contributed by atoms with van der Waals surface area (Å²) in [5, 5.41) is 9.27. The molecule has 0 aliphatic rings. The number of aliphatic hydroxyl groups is 1. The second-order valence-electron chi connectivity index (χ2n) is 5.15. The summed E-state index contributed by atoms with van der Waals surface area (Å²) in [7, 11) is -2.42. The van der Waals surface area contributed by atoms with E-state index in [4.69, 9.17) is 4.74 Å². The Kier molecular flexibility index (Phi) is 4.91. The van der Waals surface area contributed by atoms with Crippen LogP contribution in [0.15, 0.2) is 35.2 Å². The SMILES string of the molecule is COc1cc(C)c(S(=O)(=O)Nc2cc(F)ccc2CO)cc1C. The summed E-state index contributed by atoms with van der Waals surface area (Å²) in [6.07, 6.45) is 0. The first-order valence-corrected chi connectivity index (χ1v) is 8.34. The third kappa shape index (κ3) is 3.62. The minimum Gasteiger partial charge on any atom is -0.496 e. The lowest BCUT2D eigenvalue weighted by molar-refractivity contribution is 0.282. The molecule has 0 atom stereocenters. The molecule has 0 aromatic heterocycles. The monoisotopic (exact) mass is 339 g/mol. The van der Waals surface area contributed by atoms with Gasteiger partial charge in [-0.1, -0.05) is 6.07 Å². The molecule has 2 N–H and O–H groups in total. The van der Waals surface area contributed by atoms with Crippen LogP contribution in [-0.2, 0) is 16.6 Å².